The maximum atomic E-state index is 13.8. The molecule has 1 atom stereocenters. The number of benzene rings is 2. The Labute approximate surface area is 121 Å². The Hall–Kier alpha value is -1.58. The van der Waals surface area contributed by atoms with Crippen molar-refractivity contribution in [2.24, 2.45) is 0 Å². The number of hydrogen-bond donors (Lipinski definition) is 1. The highest BCUT2D eigenvalue weighted by atomic mass is 35.5. The zero-order valence-electron chi connectivity index (χ0n) is 10.7. The normalized spacial score (nSPS) is 15.9. The van der Waals surface area contributed by atoms with Crippen molar-refractivity contribution in [3.8, 4) is 5.75 Å². The maximum Gasteiger partial charge on any atom is 0.130 e. The lowest BCUT2D eigenvalue weighted by atomic mass is 10.0. The van der Waals surface area contributed by atoms with Crippen molar-refractivity contribution in [3.63, 3.8) is 0 Å². The van der Waals surface area contributed by atoms with Crippen LogP contribution in [0, 0.1) is 5.82 Å². The van der Waals surface area contributed by atoms with E-state index in [1.165, 1.54) is 12.1 Å². The smallest absolute Gasteiger partial charge is 0.130 e. The van der Waals surface area contributed by atoms with Crippen LogP contribution in [-0.2, 0) is 0 Å². The Morgan fingerprint density at radius 1 is 1.15 bits per heavy atom. The van der Waals surface area contributed by atoms with Crippen LogP contribution in [0.4, 0.5) is 4.39 Å². The van der Waals surface area contributed by atoms with E-state index < -0.39 is 11.9 Å². The van der Waals surface area contributed by atoms with Gasteiger partial charge in [-0.3, -0.25) is 0 Å². The lowest BCUT2D eigenvalue weighted by molar-refractivity contribution is 0.214. The molecule has 1 unspecified atom stereocenters. The van der Waals surface area contributed by atoms with Crippen LogP contribution in [0.3, 0.4) is 0 Å². The Morgan fingerprint density at radius 3 is 2.45 bits per heavy atom. The summed E-state index contributed by atoms with van der Waals surface area (Å²) in [7, 11) is 0. The third-order valence-electron chi connectivity index (χ3n) is 3.28. The molecule has 0 spiro atoms. The molecular formula is C16H14ClFO2. The van der Waals surface area contributed by atoms with Crippen LogP contribution in [-0.4, -0.2) is 11.2 Å². The minimum Gasteiger partial charge on any atom is -0.490 e. The molecule has 3 rings (SSSR count). The minimum absolute atomic E-state index is 0.213. The number of halogens is 2. The Morgan fingerprint density at radius 2 is 1.85 bits per heavy atom. The zero-order valence-corrected chi connectivity index (χ0v) is 11.5. The van der Waals surface area contributed by atoms with Crippen LogP contribution in [0.15, 0.2) is 42.5 Å². The van der Waals surface area contributed by atoms with Gasteiger partial charge >= 0.3 is 0 Å². The summed E-state index contributed by atoms with van der Waals surface area (Å²) in [6.45, 7) is 0. The van der Waals surface area contributed by atoms with E-state index in [4.69, 9.17) is 16.3 Å². The van der Waals surface area contributed by atoms with E-state index in [1.807, 2.05) is 0 Å². The van der Waals surface area contributed by atoms with Gasteiger partial charge in [-0.25, -0.2) is 4.39 Å². The molecule has 1 saturated carbocycles. The van der Waals surface area contributed by atoms with E-state index in [2.05, 4.69) is 0 Å². The van der Waals surface area contributed by atoms with Crippen molar-refractivity contribution < 1.29 is 14.2 Å². The predicted molar refractivity (Wildman–Crippen MR) is 75.6 cm³/mol. The molecule has 4 heteroatoms. The van der Waals surface area contributed by atoms with Crippen LogP contribution in [0.1, 0.15) is 30.1 Å². The van der Waals surface area contributed by atoms with E-state index >= 15 is 0 Å². The summed E-state index contributed by atoms with van der Waals surface area (Å²) in [5.41, 5.74) is 0.833. The Balaban J connectivity index is 1.80. The highest BCUT2D eigenvalue weighted by Gasteiger charge is 2.23. The van der Waals surface area contributed by atoms with Crippen molar-refractivity contribution in [2.45, 2.75) is 25.0 Å². The first-order valence-electron chi connectivity index (χ1n) is 6.53. The molecule has 104 valence electrons. The van der Waals surface area contributed by atoms with Gasteiger partial charge in [-0.15, -0.1) is 0 Å². The molecule has 1 aliphatic carbocycles. The van der Waals surface area contributed by atoms with E-state index in [0.29, 0.717) is 16.7 Å². The molecule has 0 heterocycles. The van der Waals surface area contributed by atoms with Crippen molar-refractivity contribution in [3.05, 3.63) is 64.4 Å². The second kappa shape index (κ2) is 5.43. The average Bonchev–Trinajstić information content (AvgIpc) is 3.23. The monoisotopic (exact) mass is 292 g/mol. The molecule has 1 N–H and O–H groups in total. The topological polar surface area (TPSA) is 29.5 Å². The van der Waals surface area contributed by atoms with Crippen molar-refractivity contribution in [1.82, 2.24) is 0 Å². The van der Waals surface area contributed by atoms with Crippen LogP contribution >= 0.6 is 11.6 Å². The SMILES string of the molecule is OC(c1ccc(OC2CC2)cc1)c1ccc(Cl)cc1F. The molecule has 0 amide bonds. The third kappa shape index (κ3) is 2.94. The number of rotatable bonds is 4. The first-order chi connectivity index (χ1) is 9.63. The van der Waals surface area contributed by atoms with Gasteiger partial charge in [-0.05, 0) is 42.7 Å². The maximum absolute atomic E-state index is 13.8. The van der Waals surface area contributed by atoms with Crippen molar-refractivity contribution in [1.29, 1.82) is 0 Å². The fourth-order valence-electron chi connectivity index (χ4n) is 2.01. The lowest BCUT2D eigenvalue weighted by Gasteiger charge is -2.13. The first-order valence-corrected chi connectivity index (χ1v) is 6.91. The number of hydrogen-bond acceptors (Lipinski definition) is 2. The summed E-state index contributed by atoms with van der Waals surface area (Å²) in [5.74, 6) is 0.267. The fourth-order valence-corrected chi connectivity index (χ4v) is 2.17. The molecule has 1 aliphatic rings. The number of aliphatic hydroxyl groups excluding tert-OH is 1. The van der Waals surface area contributed by atoms with E-state index in [-0.39, 0.29) is 5.56 Å². The molecule has 1 fully saturated rings. The highest BCUT2D eigenvalue weighted by Crippen LogP contribution is 2.30. The summed E-state index contributed by atoms with van der Waals surface area (Å²) >= 11 is 5.70. The van der Waals surface area contributed by atoms with Gasteiger partial charge in [-0.2, -0.15) is 0 Å². The average molecular weight is 293 g/mol. The van der Waals surface area contributed by atoms with Gasteiger partial charge in [0.25, 0.3) is 0 Å². The minimum atomic E-state index is -1.01. The molecule has 2 aromatic carbocycles. The van der Waals surface area contributed by atoms with Crippen molar-refractivity contribution >= 4 is 11.6 Å². The Kier molecular flexibility index (Phi) is 3.64. The standard InChI is InChI=1S/C16H14ClFO2/c17-11-3-8-14(15(18)9-11)16(19)10-1-4-12(5-2-10)20-13-6-7-13/h1-5,8-9,13,16,19H,6-7H2. The van der Waals surface area contributed by atoms with Gasteiger partial charge < -0.3 is 9.84 Å². The van der Waals surface area contributed by atoms with Crippen LogP contribution in [0.5, 0.6) is 5.75 Å². The number of aliphatic hydroxyl groups is 1. The van der Waals surface area contributed by atoms with Gasteiger partial charge in [-0.1, -0.05) is 29.8 Å². The second-order valence-electron chi connectivity index (χ2n) is 4.95. The van der Waals surface area contributed by atoms with Gasteiger partial charge in [0.2, 0.25) is 0 Å². The van der Waals surface area contributed by atoms with Gasteiger partial charge in [0.15, 0.2) is 0 Å². The zero-order chi connectivity index (χ0) is 14.1. The van der Waals surface area contributed by atoms with E-state index in [9.17, 15) is 9.50 Å². The van der Waals surface area contributed by atoms with Crippen LogP contribution in [0.25, 0.3) is 0 Å². The van der Waals surface area contributed by atoms with Crippen LogP contribution in [0.2, 0.25) is 5.02 Å². The fraction of sp³-hybridized carbons (Fsp3) is 0.250. The number of ether oxygens (including phenoxy) is 1. The molecule has 2 aromatic rings. The quantitative estimate of drug-likeness (QED) is 0.919. The molecule has 2 nitrogen and oxygen atoms in total. The van der Waals surface area contributed by atoms with Gasteiger partial charge in [0.05, 0.1) is 6.10 Å². The predicted octanol–water partition coefficient (Wildman–Crippen LogP) is 4.10. The molecule has 0 bridgehead atoms. The molecule has 0 saturated heterocycles. The molecule has 0 aliphatic heterocycles. The lowest BCUT2D eigenvalue weighted by Crippen LogP contribution is -2.03. The van der Waals surface area contributed by atoms with E-state index in [0.717, 1.165) is 18.6 Å². The third-order valence-corrected chi connectivity index (χ3v) is 3.52. The Bertz CT molecular complexity index is 608. The van der Waals surface area contributed by atoms with Gasteiger partial charge in [0.1, 0.15) is 17.7 Å². The summed E-state index contributed by atoms with van der Waals surface area (Å²) in [6.07, 6.45) is 1.52. The van der Waals surface area contributed by atoms with Crippen LogP contribution < -0.4 is 4.74 Å². The molecule has 20 heavy (non-hydrogen) atoms. The van der Waals surface area contributed by atoms with Gasteiger partial charge in [0, 0.05) is 10.6 Å². The second-order valence-corrected chi connectivity index (χ2v) is 5.39. The summed E-state index contributed by atoms with van der Waals surface area (Å²) in [6, 6.07) is 11.3. The first kappa shape index (κ1) is 13.4. The summed E-state index contributed by atoms with van der Waals surface area (Å²) in [5, 5.41) is 10.5. The van der Waals surface area contributed by atoms with E-state index in [1.54, 1.807) is 30.3 Å². The molecule has 0 aromatic heterocycles. The molecular weight excluding hydrogens is 279 g/mol. The highest BCUT2D eigenvalue weighted by molar-refractivity contribution is 6.30. The largest absolute Gasteiger partial charge is 0.490 e. The summed E-state index contributed by atoms with van der Waals surface area (Å²) < 4.78 is 19.4. The van der Waals surface area contributed by atoms with Crippen molar-refractivity contribution in [2.75, 3.05) is 0 Å². The molecule has 0 radical (unpaired) electrons. The summed E-state index contributed by atoms with van der Waals surface area (Å²) in [4.78, 5) is 0.